The van der Waals surface area contributed by atoms with Crippen molar-refractivity contribution in [2.45, 2.75) is 19.4 Å². The van der Waals surface area contributed by atoms with Crippen molar-refractivity contribution in [3.8, 4) is 0 Å². The van der Waals surface area contributed by atoms with Gasteiger partial charge in [-0.2, -0.15) is 0 Å². The molecule has 88 valence electrons. The number of hydrogen-bond donors (Lipinski definition) is 1. The number of hydrogen-bond acceptors (Lipinski definition) is 1. The third kappa shape index (κ3) is 3.55. The van der Waals surface area contributed by atoms with Crippen LogP contribution in [-0.4, -0.2) is 17.8 Å². The smallest absolute Gasteiger partial charge is 0.253 e. The molecule has 0 spiro atoms. The van der Waals surface area contributed by atoms with Crippen LogP contribution in [0.2, 0.25) is 10.0 Å². The quantitative estimate of drug-likeness (QED) is 0.836. The van der Waals surface area contributed by atoms with E-state index >= 15 is 0 Å². The van der Waals surface area contributed by atoms with Gasteiger partial charge >= 0.3 is 0 Å². The maximum absolute atomic E-state index is 11.8. The third-order valence-corrected chi connectivity index (χ3v) is 3.11. The molecule has 1 rings (SSSR count). The first-order chi connectivity index (χ1) is 7.58. The summed E-state index contributed by atoms with van der Waals surface area (Å²) in [4.78, 5) is 11.8. The Balaban J connectivity index is 2.80. The summed E-state index contributed by atoms with van der Waals surface area (Å²) < 4.78 is 0. The molecule has 5 heteroatoms. The Bertz CT molecular complexity index is 377. The number of carbonyl (C=O) groups excluding carboxylic acids is 1. The van der Waals surface area contributed by atoms with Crippen molar-refractivity contribution in [1.82, 2.24) is 5.32 Å². The third-order valence-electron chi connectivity index (χ3n) is 2.19. The summed E-state index contributed by atoms with van der Waals surface area (Å²) in [6.45, 7) is 1.96. The van der Waals surface area contributed by atoms with Gasteiger partial charge in [-0.05, 0) is 24.6 Å². The van der Waals surface area contributed by atoms with Crippen LogP contribution >= 0.6 is 34.8 Å². The highest BCUT2D eigenvalue weighted by Gasteiger charge is 2.14. The summed E-state index contributed by atoms with van der Waals surface area (Å²) >= 11 is 17.4. The molecule has 1 N–H and O–H groups in total. The van der Waals surface area contributed by atoms with Crippen LogP contribution < -0.4 is 5.32 Å². The van der Waals surface area contributed by atoms with E-state index in [1.165, 1.54) is 0 Å². The zero-order valence-corrected chi connectivity index (χ0v) is 11.0. The fourth-order valence-corrected chi connectivity index (χ4v) is 1.98. The molecule has 1 unspecified atom stereocenters. The molecule has 0 fully saturated rings. The molecule has 1 aromatic rings. The van der Waals surface area contributed by atoms with E-state index in [2.05, 4.69) is 5.32 Å². The largest absolute Gasteiger partial charge is 0.348 e. The van der Waals surface area contributed by atoms with Crippen molar-refractivity contribution in [2.24, 2.45) is 0 Å². The maximum atomic E-state index is 11.8. The Morgan fingerprint density at radius 3 is 2.62 bits per heavy atom. The second-order valence-electron chi connectivity index (χ2n) is 3.36. The van der Waals surface area contributed by atoms with Gasteiger partial charge in [0.1, 0.15) is 0 Å². The van der Waals surface area contributed by atoms with E-state index in [9.17, 15) is 4.79 Å². The predicted octanol–water partition coefficient (Wildman–Crippen LogP) is 3.74. The van der Waals surface area contributed by atoms with Crippen molar-refractivity contribution < 1.29 is 4.79 Å². The molecule has 1 atom stereocenters. The van der Waals surface area contributed by atoms with E-state index in [4.69, 9.17) is 34.8 Å². The topological polar surface area (TPSA) is 29.1 Å². The molecule has 1 amide bonds. The number of rotatable bonds is 4. The minimum Gasteiger partial charge on any atom is -0.348 e. The molecule has 1 aromatic carbocycles. The van der Waals surface area contributed by atoms with Gasteiger partial charge in [-0.25, -0.2) is 0 Å². The molecule has 0 aliphatic heterocycles. The Morgan fingerprint density at radius 1 is 1.44 bits per heavy atom. The summed E-state index contributed by atoms with van der Waals surface area (Å²) in [5, 5.41) is 3.64. The molecule has 0 aliphatic carbocycles. The minimum atomic E-state index is -0.228. The lowest BCUT2D eigenvalue weighted by atomic mass is 10.2. The highest BCUT2D eigenvalue weighted by atomic mass is 35.5. The molecule has 0 heterocycles. The summed E-state index contributed by atoms with van der Waals surface area (Å²) in [7, 11) is 0. The molecule has 16 heavy (non-hydrogen) atoms. The fraction of sp³-hybridized carbons (Fsp3) is 0.364. The Kier molecular flexibility index (Phi) is 5.39. The van der Waals surface area contributed by atoms with Gasteiger partial charge < -0.3 is 5.32 Å². The normalized spacial score (nSPS) is 12.2. The van der Waals surface area contributed by atoms with Gasteiger partial charge in [0.25, 0.3) is 5.91 Å². The molecule has 0 aromatic heterocycles. The average Bonchev–Trinajstić information content (AvgIpc) is 2.25. The molecular weight excluding hydrogens is 268 g/mol. The standard InChI is InChI=1S/C11H12Cl3NO/c1-2-8(6-12)15-11(16)9-4-3-7(13)5-10(9)14/h3-5,8H,2,6H2,1H3,(H,15,16). The first kappa shape index (κ1) is 13.6. The highest BCUT2D eigenvalue weighted by molar-refractivity contribution is 6.36. The number of halogens is 3. The molecule has 0 radical (unpaired) electrons. The van der Waals surface area contributed by atoms with Gasteiger partial charge in [-0.1, -0.05) is 30.1 Å². The molecular formula is C11H12Cl3NO. The number of nitrogens with one attached hydrogen (secondary N) is 1. The van der Waals surface area contributed by atoms with Crippen molar-refractivity contribution in [3.63, 3.8) is 0 Å². The van der Waals surface area contributed by atoms with Gasteiger partial charge in [0.05, 0.1) is 10.6 Å². The van der Waals surface area contributed by atoms with Gasteiger partial charge in [-0.15, -0.1) is 11.6 Å². The molecule has 0 aliphatic rings. The SMILES string of the molecule is CCC(CCl)NC(=O)c1ccc(Cl)cc1Cl. The number of alkyl halides is 1. The van der Waals surface area contributed by atoms with Gasteiger partial charge in [-0.3, -0.25) is 4.79 Å². The highest BCUT2D eigenvalue weighted by Crippen LogP contribution is 2.21. The fourth-order valence-electron chi connectivity index (χ4n) is 1.19. The van der Waals surface area contributed by atoms with Gasteiger partial charge in [0, 0.05) is 16.9 Å². The summed E-state index contributed by atoms with van der Waals surface area (Å²) in [6, 6.07) is 4.73. The van der Waals surface area contributed by atoms with Crippen LogP contribution in [0.25, 0.3) is 0 Å². The van der Waals surface area contributed by atoms with E-state index in [1.807, 2.05) is 6.92 Å². The van der Waals surface area contributed by atoms with Crippen LogP contribution in [0.3, 0.4) is 0 Å². The Labute approximate surface area is 110 Å². The zero-order chi connectivity index (χ0) is 12.1. The van der Waals surface area contributed by atoms with Crippen LogP contribution in [0.1, 0.15) is 23.7 Å². The molecule has 0 saturated heterocycles. The van der Waals surface area contributed by atoms with Crippen LogP contribution in [0.4, 0.5) is 0 Å². The second kappa shape index (κ2) is 6.33. The van der Waals surface area contributed by atoms with Crippen LogP contribution in [-0.2, 0) is 0 Å². The van der Waals surface area contributed by atoms with Crippen molar-refractivity contribution >= 4 is 40.7 Å². The van der Waals surface area contributed by atoms with Crippen molar-refractivity contribution in [2.75, 3.05) is 5.88 Å². The number of carbonyl (C=O) groups is 1. The summed E-state index contributed by atoms with van der Waals surface area (Å²) in [6.07, 6.45) is 0.778. The average molecular weight is 281 g/mol. The molecule has 2 nitrogen and oxygen atoms in total. The lowest BCUT2D eigenvalue weighted by molar-refractivity contribution is 0.0940. The summed E-state index contributed by atoms with van der Waals surface area (Å²) in [5.41, 5.74) is 0.412. The lowest BCUT2D eigenvalue weighted by Gasteiger charge is -2.14. The summed E-state index contributed by atoms with van der Waals surface area (Å²) in [5.74, 6) is 0.155. The minimum absolute atomic E-state index is 0.0408. The van der Waals surface area contributed by atoms with E-state index in [-0.39, 0.29) is 11.9 Å². The van der Waals surface area contributed by atoms with E-state index in [0.29, 0.717) is 21.5 Å². The Morgan fingerprint density at radius 2 is 2.12 bits per heavy atom. The van der Waals surface area contributed by atoms with E-state index < -0.39 is 0 Å². The van der Waals surface area contributed by atoms with E-state index in [1.54, 1.807) is 18.2 Å². The van der Waals surface area contributed by atoms with Crippen molar-refractivity contribution in [3.05, 3.63) is 33.8 Å². The van der Waals surface area contributed by atoms with Crippen LogP contribution in [0.15, 0.2) is 18.2 Å². The number of amides is 1. The van der Waals surface area contributed by atoms with E-state index in [0.717, 1.165) is 6.42 Å². The Hall–Kier alpha value is -0.440. The predicted molar refractivity (Wildman–Crippen MR) is 68.7 cm³/mol. The molecule has 0 bridgehead atoms. The van der Waals surface area contributed by atoms with Crippen molar-refractivity contribution in [1.29, 1.82) is 0 Å². The molecule has 0 saturated carbocycles. The first-order valence-electron chi connectivity index (χ1n) is 4.90. The second-order valence-corrected chi connectivity index (χ2v) is 4.51. The first-order valence-corrected chi connectivity index (χ1v) is 6.19. The van der Waals surface area contributed by atoms with Crippen LogP contribution in [0, 0.1) is 0 Å². The monoisotopic (exact) mass is 279 g/mol. The maximum Gasteiger partial charge on any atom is 0.253 e. The lowest BCUT2D eigenvalue weighted by Crippen LogP contribution is -2.35. The van der Waals surface area contributed by atoms with Gasteiger partial charge in [0.2, 0.25) is 0 Å². The van der Waals surface area contributed by atoms with Gasteiger partial charge in [0.15, 0.2) is 0 Å². The zero-order valence-electron chi connectivity index (χ0n) is 8.77. The number of benzene rings is 1. The van der Waals surface area contributed by atoms with Crippen LogP contribution in [0.5, 0.6) is 0 Å².